The molecule has 0 aliphatic carbocycles. The summed E-state index contributed by atoms with van der Waals surface area (Å²) in [6.07, 6.45) is 0. The van der Waals surface area contributed by atoms with Gasteiger partial charge in [-0.05, 0) is 70.7 Å². The Morgan fingerprint density at radius 3 is 2.32 bits per heavy atom. The summed E-state index contributed by atoms with van der Waals surface area (Å²) in [5, 5.41) is 3.45. The molecule has 0 aliphatic rings. The van der Waals surface area contributed by atoms with Gasteiger partial charge in [-0.2, -0.15) is 0 Å². The zero-order valence-corrected chi connectivity index (χ0v) is 13.0. The number of methoxy groups -OCH3 is 1. The largest absolute Gasteiger partial charge is 0.496 e. The Hall–Kier alpha value is -1.48. The Labute approximate surface area is 122 Å². The van der Waals surface area contributed by atoms with Gasteiger partial charge in [0.2, 0.25) is 0 Å². The number of halogens is 1. The normalized spacial score (nSPS) is 10.3. The first-order valence-corrected chi connectivity index (χ1v) is 7.02. The van der Waals surface area contributed by atoms with Gasteiger partial charge < -0.3 is 10.1 Å². The van der Waals surface area contributed by atoms with Gasteiger partial charge >= 0.3 is 0 Å². The fraction of sp³-hybridized carbons (Fsp3) is 0.250. The van der Waals surface area contributed by atoms with E-state index in [9.17, 15) is 0 Å². The van der Waals surface area contributed by atoms with Gasteiger partial charge in [0.15, 0.2) is 0 Å². The Morgan fingerprint density at radius 1 is 1.05 bits per heavy atom. The summed E-state index contributed by atoms with van der Waals surface area (Å²) in [5.74, 6) is 0.857. The van der Waals surface area contributed by atoms with Crippen LogP contribution < -0.4 is 10.1 Å². The SMILES string of the molecule is COc1ccc(CNc2cc(C)cc(C)c2)cc1Br. The van der Waals surface area contributed by atoms with Crippen LogP contribution in [0.25, 0.3) is 0 Å². The van der Waals surface area contributed by atoms with E-state index in [2.05, 4.69) is 65.4 Å². The second kappa shape index (κ2) is 6.11. The van der Waals surface area contributed by atoms with Crippen LogP contribution in [0.3, 0.4) is 0 Å². The summed E-state index contributed by atoms with van der Waals surface area (Å²) in [7, 11) is 1.67. The lowest BCUT2D eigenvalue weighted by molar-refractivity contribution is 0.412. The van der Waals surface area contributed by atoms with Crippen molar-refractivity contribution in [1.29, 1.82) is 0 Å². The molecule has 19 heavy (non-hydrogen) atoms. The lowest BCUT2D eigenvalue weighted by Crippen LogP contribution is -2.00. The van der Waals surface area contributed by atoms with Gasteiger partial charge in [0.05, 0.1) is 11.6 Å². The molecule has 2 rings (SSSR count). The third-order valence-corrected chi connectivity index (χ3v) is 3.55. The topological polar surface area (TPSA) is 21.3 Å². The summed E-state index contributed by atoms with van der Waals surface area (Å²) in [4.78, 5) is 0. The van der Waals surface area contributed by atoms with Crippen LogP contribution in [-0.4, -0.2) is 7.11 Å². The molecule has 0 bridgehead atoms. The van der Waals surface area contributed by atoms with Crippen LogP contribution in [0.2, 0.25) is 0 Å². The van der Waals surface area contributed by atoms with Gasteiger partial charge in [-0.3, -0.25) is 0 Å². The second-order valence-electron chi connectivity index (χ2n) is 4.70. The third-order valence-electron chi connectivity index (χ3n) is 2.93. The van der Waals surface area contributed by atoms with Crippen molar-refractivity contribution in [2.45, 2.75) is 20.4 Å². The standard InChI is InChI=1S/C16H18BrNO/c1-11-6-12(2)8-14(7-11)18-10-13-4-5-16(19-3)15(17)9-13/h4-9,18H,10H2,1-3H3. The van der Waals surface area contributed by atoms with Crippen LogP contribution >= 0.6 is 15.9 Å². The zero-order chi connectivity index (χ0) is 13.8. The average molecular weight is 320 g/mol. The molecule has 0 aliphatic heterocycles. The third kappa shape index (κ3) is 3.74. The lowest BCUT2D eigenvalue weighted by Gasteiger charge is -2.10. The van der Waals surface area contributed by atoms with E-state index in [1.807, 2.05) is 6.07 Å². The lowest BCUT2D eigenvalue weighted by atomic mass is 10.1. The average Bonchev–Trinajstić information content (AvgIpc) is 2.35. The van der Waals surface area contributed by atoms with Crippen molar-refractivity contribution < 1.29 is 4.74 Å². The fourth-order valence-electron chi connectivity index (χ4n) is 2.10. The predicted molar refractivity (Wildman–Crippen MR) is 83.9 cm³/mol. The molecule has 0 heterocycles. The van der Waals surface area contributed by atoms with Crippen molar-refractivity contribution in [3.63, 3.8) is 0 Å². The summed E-state index contributed by atoms with van der Waals surface area (Å²) in [5.41, 5.74) is 4.92. The molecule has 0 spiro atoms. The van der Waals surface area contributed by atoms with Crippen LogP contribution in [0.15, 0.2) is 40.9 Å². The zero-order valence-electron chi connectivity index (χ0n) is 11.5. The van der Waals surface area contributed by atoms with Crippen molar-refractivity contribution in [2.24, 2.45) is 0 Å². The molecule has 0 atom stereocenters. The highest BCUT2D eigenvalue weighted by Gasteiger charge is 2.02. The molecule has 0 unspecified atom stereocenters. The molecular formula is C16H18BrNO. The monoisotopic (exact) mass is 319 g/mol. The van der Waals surface area contributed by atoms with E-state index in [1.54, 1.807) is 7.11 Å². The number of hydrogen-bond donors (Lipinski definition) is 1. The Bertz CT molecular complexity index is 561. The molecule has 0 saturated carbocycles. The molecule has 0 amide bonds. The van der Waals surface area contributed by atoms with E-state index < -0.39 is 0 Å². The van der Waals surface area contributed by atoms with Gasteiger partial charge in [-0.1, -0.05) is 12.1 Å². The minimum Gasteiger partial charge on any atom is -0.496 e. The molecule has 2 aromatic carbocycles. The molecular weight excluding hydrogens is 302 g/mol. The van der Waals surface area contributed by atoms with Gasteiger partial charge in [0.1, 0.15) is 5.75 Å². The van der Waals surface area contributed by atoms with Crippen molar-refractivity contribution in [1.82, 2.24) is 0 Å². The first kappa shape index (κ1) is 13.9. The summed E-state index contributed by atoms with van der Waals surface area (Å²) in [6.45, 7) is 5.02. The highest BCUT2D eigenvalue weighted by Crippen LogP contribution is 2.26. The van der Waals surface area contributed by atoms with Crippen molar-refractivity contribution in [3.05, 3.63) is 57.6 Å². The first-order chi connectivity index (χ1) is 9.08. The van der Waals surface area contributed by atoms with E-state index >= 15 is 0 Å². The fourth-order valence-corrected chi connectivity index (χ4v) is 2.69. The van der Waals surface area contributed by atoms with Crippen molar-refractivity contribution in [3.8, 4) is 5.75 Å². The molecule has 1 N–H and O–H groups in total. The predicted octanol–water partition coefficient (Wildman–Crippen LogP) is 4.69. The molecule has 2 nitrogen and oxygen atoms in total. The second-order valence-corrected chi connectivity index (χ2v) is 5.55. The maximum Gasteiger partial charge on any atom is 0.133 e. The minimum atomic E-state index is 0.797. The number of benzene rings is 2. The van der Waals surface area contributed by atoms with Crippen LogP contribution in [0.1, 0.15) is 16.7 Å². The number of aryl methyl sites for hydroxylation is 2. The minimum absolute atomic E-state index is 0.797. The van der Waals surface area contributed by atoms with Crippen LogP contribution in [0, 0.1) is 13.8 Å². The number of ether oxygens (including phenoxy) is 1. The van der Waals surface area contributed by atoms with E-state index in [0.717, 1.165) is 22.5 Å². The van der Waals surface area contributed by atoms with Crippen LogP contribution in [0.5, 0.6) is 5.75 Å². The molecule has 100 valence electrons. The van der Waals surface area contributed by atoms with E-state index in [4.69, 9.17) is 4.74 Å². The Balaban J connectivity index is 2.08. The highest BCUT2D eigenvalue weighted by molar-refractivity contribution is 9.10. The van der Waals surface area contributed by atoms with Crippen molar-refractivity contribution >= 4 is 21.6 Å². The molecule has 0 fully saturated rings. The van der Waals surface area contributed by atoms with Gasteiger partial charge in [0, 0.05) is 12.2 Å². The number of rotatable bonds is 4. The first-order valence-electron chi connectivity index (χ1n) is 6.23. The van der Waals surface area contributed by atoms with Crippen molar-refractivity contribution in [2.75, 3.05) is 12.4 Å². The smallest absolute Gasteiger partial charge is 0.133 e. The van der Waals surface area contributed by atoms with Crippen LogP contribution in [0.4, 0.5) is 5.69 Å². The Morgan fingerprint density at radius 2 is 1.74 bits per heavy atom. The quantitative estimate of drug-likeness (QED) is 0.883. The highest BCUT2D eigenvalue weighted by atomic mass is 79.9. The Kier molecular flexibility index (Phi) is 4.48. The summed E-state index contributed by atoms with van der Waals surface area (Å²) >= 11 is 3.50. The maximum atomic E-state index is 5.23. The van der Waals surface area contributed by atoms with E-state index in [-0.39, 0.29) is 0 Å². The number of anilines is 1. The number of nitrogens with one attached hydrogen (secondary N) is 1. The van der Waals surface area contributed by atoms with Crippen LogP contribution in [-0.2, 0) is 6.54 Å². The molecule has 0 radical (unpaired) electrons. The van der Waals surface area contributed by atoms with Gasteiger partial charge in [-0.15, -0.1) is 0 Å². The molecule has 3 heteroatoms. The van der Waals surface area contributed by atoms with Gasteiger partial charge in [-0.25, -0.2) is 0 Å². The molecule has 0 saturated heterocycles. The van der Waals surface area contributed by atoms with E-state index in [1.165, 1.54) is 16.7 Å². The van der Waals surface area contributed by atoms with Gasteiger partial charge in [0.25, 0.3) is 0 Å². The maximum absolute atomic E-state index is 5.23. The molecule has 2 aromatic rings. The molecule has 0 aromatic heterocycles. The summed E-state index contributed by atoms with van der Waals surface area (Å²) in [6, 6.07) is 12.6. The summed E-state index contributed by atoms with van der Waals surface area (Å²) < 4.78 is 6.21. The van der Waals surface area contributed by atoms with E-state index in [0.29, 0.717) is 0 Å². The number of hydrogen-bond acceptors (Lipinski definition) is 2.